The summed E-state index contributed by atoms with van der Waals surface area (Å²) in [4.78, 5) is 42.8. The number of anilines is 2. The van der Waals surface area contributed by atoms with Crippen molar-refractivity contribution in [1.29, 1.82) is 0 Å². The average Bonchev–Trinajstić information content (AvgIpc) is 3.41. The van der Waals surface area contributed by atoms with Crippen LogP contribution in [-0.2, 0) is 11.2 Å². The summed E-state index contributed by atoms with van der Waals surface area (Å²) in [5, 5.41) is 5.76. The van der Waals surface area contributed by atoms with Gasteiger partial charge in [-0.15, -0.1) is 0 Å². The molecule has 198 valence electrons. The van der Waals surface area contributed by atoms with Gasteiger partial charge in [0.2, 0.25) is 5.91 Å². The van der Waals surface area contributed by atoms with Crippen molar-refractivity contribution in [2.24, 2.45) is 0 Å². The summed E-state index contributed by atoms with van der Waals surface area (Å²) in [6, 6.07) is 16.5. The van der Waals surface area contributed by atoms with Crippen molar-refractivity contribution in [2.45, 2.75) is 20.3 Å². The van der Waals surface area contributed by atoms with Gasteiger partial charge < -0.3 is 15.2 Å². The van der Waals surface area contributed by atoms with Gasteiger partial charge in [0.05, 0.1) is 29.1 Å². The Balaban J connectivity index is 1.38. The largest absolute Gasteiger partial charge is 0.322 e. The SMILES string of the molecule is C=CC(=O)Nc1ccc(NC(=O)c2ccc(C)c(Cc3nccc(-c4cccnc4)n3)c2)cc1-n1cnc(C)c1. The van der Waals surface area contributed by atoms with E-state index >= 15 is 0 Å². The van der Waals surface area contributed by atoms with Crippen molar-refractivity contribution < 1.29 is 9.59 Å². The van der Waals surface area contributed by atoms with Crippen LogP contribution in [0.15, 0.2) is 98.4 Å². The maximum atomic E-state index is 13.3. The Hall–Kier alpha value is -5.44. The van der Waals surface area contributed by atoms with E-state index in [0.29, 0.717) is 34.9 Å². The first-order valence-corrected chi connectivity index (χ1v) is 12.6. The van der Waals surface area contributed by atoms with E-state index in [4.69, 9.17) is 4.98 Å². The quantitative estimate of drug-likeness (QED) is 0.263. The highest BCUT2D eigenvalue weighted by molar-refractivity contribution is 6.05. The number of aryl methyl sites for hydroxylation is 2. The third-order valence-corrected chi connectivity index (χ3v) is 6.31. The zero-order valence-corrected chi connectivity index (χ0v) is 22.1. The highest BCUT2D eigenvalue weighted by Gasteiger charge is 2.14. The van der Waals surface area contributed by atoms with Gasteiger partial charge in [-0.3, -0.25) is 14.6 Å². The first-order valence-electron chi connectivity index (χ1n) is 12.6. The lowest BCUT2D eigenvalue weighted by Crippen LogP contribution is -2.14. The van der Waals surface area contributed by atoms with Gasteiger partial charge in [-0.2, -0.15) is 0 Å². The Morgan fingerprint density at radius 2 is 1.88 bits per heavy atom. The minimum Gasteiger partial charge on any atom is -0.322 e. The van der Waals surface area contributed by atoms with Crippen LogP contribution in [0.2, 0.25) is 0 Å². The average molecular weight is 530 g/mol. The topological polar surface area (TPSA) is 115 Å². The Morgan fingerprint density at radius 1 is 1.00 bits per heavy atom. The molecule has 2 amide bonds. The van der Waals surface area contributed by atoms with Gasteiger partial charge in [0.15, 0.2) is 0 Å². The van der Waals surface area contributed by atoms with Crippen LogP contribution in [0.25, 0.3) is 16.9 Å². The summed E-state index contributed by atoms with van der Waals surface area (Å²) in [6.07, 6.45) is 10.4. The van der Waals surface area contributed by atoms with Gasteiger partial charge in [0.25, 0.3) is 5.91 Å². The number of carbonyl (C=O) groups is 2. The number of nitrogens with one attached hydrogen (secondary N) is 2. The molecule has 0 unspecified atom stereocenters. The molecule has 0 spiro atoms. The zero-order valence-electron chi connectivity index (χ0n) is 22.1. The molecule has 0 saturated carbocycles. The second-order valence-electron chi connectivity index (χ2n) is 9.22. The molecule has 0 bridgehead atoms. The highest BCUT2D eigenvalue weighted by Crippen LogP contribution is 2.26. The maximum absolute atomic E-state index is 13.3. The molecular formula is C31H27N7O2. The Morgan fingerprint density at radius 3 is 2.62 bits per heavy atom. The number of carbonyl (C=O) groups excluding carboxylic acids is 2. The lowest BCUT2D eigenvalue weighted by Gasteiger charge is -2.14. The molecule has 0 saturated heterocycles. The molecule has 5 rings (SSSR count). The molecule has 0 aliphatic heterocycles. The smallest absolute Gasteiger partial charge is 0.255 e. The van der Waals surface area contributed by atoms with Gasteiger partial charge in [-0.25, -0.2) is 15.0 Å². The lowest BCUT2D eigenvalue weighted by atomic mass is 10.0. The molecule has 9 nitrogen and oxygen atoms in total. The summed E-state index contributed by atoms with van der Waals surface area (Å²) in [6.45, 7) is 7.38. The number of hydrogen-bond donors (Lipinski definition) is 2. The second-order valence-corrected chi connectivity index (χ2v) is 9.22. The van der Waals surface area contributed by atoms with Crippen LogP contribution in [-0.4, -0.2) is 36.3 Å². The second kappa shape index (κ2) is 11.5. The summed E-state index contributed by atoms with van der Waals surface area (Å²) in [5.41, 5.74) is 6.80. The number of pyridine rings is 1. The normalized spacial score (nSPS) is 10.7. The molecule has 0 aliphatic rings. The molecule has 0 aliphatic carbocycles. The standard InChI is InChI=1S/C31H27N7O2/c1-4-30(39)37-27-10-9-25(16-28(27)38-18-21(3)34-19-38)35-31(40)22-8-7-20(2)24(14-22)15-29-33-13-11-26(36-29)23-6-5-12-32-17-23/h4-14,16-19H,1,15H2,2-3H3,(H,35,40)(H,37,39). The first kappa shape index (κ1) is 26.2. The molecule has 0 fully saturated rings. The van der Waals surface area contributed by atoms with Crippen molar-refractivity contribution in [3.63, 3.8) is 0 Å². The van der Waals surface area contributed by atoms with Crippen LogP contribution in [0.1, 0.15) is 33.0 Å². The molecule has 3 heterocycles. The van der Waals surface area contributed by atoms with Crippen LogP contribution >= 0.6 is 0 Å². The number of hydrogen-bond acceptors (Lipinski definition) is 6. The minimum atomic E-state index is -0.336. The lowest BCUT2D eigenvalue weighted by molar-refractivity contribution is -0.111. The van der Waals surface area contributed by atoms with Gasteiger partial charge in [0.1, 0.15) is 5.82 Å². The fraction of sp³-hybridized carbons (Fsp3) is 0.0968. The van der Waals surface area contributed by atoms with Crippen molar-refractivity contribution in [1.82, 2.24) is 24.5 Å². The molecule has 9 heteroatoms. The summed E-state index contributed by atoms with van der Waals surface area (Å²) >= 11 is 0. The van der Waals surface area contributed by atoms with Crippen molar-refractivity contribution in [3.8, 4) is 16.9 Å². The number of benzene rings is 2. The van der Waals surface area contributed by atoms with E-state index in [0.717, 1.165) is 28.1 Å². The molecule has 2 aromatic carbocycles. The van der Waals surface area contributed by atoms with Crippen LogP contribution in [0.3, 0.4) is 0 Å². The maximum Gasteiger partial charge on any atom is 0.255 e. The van der Waals surface area contributed by atoms with Gasteiger partial charge in [-0.1, -0.05) is 12.6 Å². The molecule has 2 N–H and O–H groups in total. The molecular weight excluding hydrogens is 502 g/mol. The highest BCUT2D eigenvalue weighted by atomic mass is 16.2. The Kier molecular flexibility index (Phi) is 7.54. The van der Waals surface area contributed by atoms with Gasteiger partial charge in [-0.05, 0) is 79.6 Å². The first-order chi connectivity index (χ1) is 19.4. The summed E-state index contributed by atoms with van der Waals surface area (Å²) < 4.78 is 1.79. The van der Waals surface area contributed by atoms with Crippen molar-refractivity contribution in [2.75, 3.05) is 10.6 Å². The summed E-state index contributed by atoms with van der Waals surface area (Å²) in [5.74, 6) is 0.0540. The van der Waals surface area contributed by atoms with Gasteiger partial charge in [0, 0.05) is 48.0 Å². The van der Waals surface area contributed by atoms with E-state index in [1.165, 1.54) is 6.08 Å². The van der Waals surface area contributed by atoms with E-state index in [1.807, 2.05) is 50.4 Å². The molecule has 40 heavy (non-hydrogen) atoms. The molecule has 5 aromatic rings. The predicted octanol–water partition coefficient (Wildman–Crippen LogP) is 5.31. The number of nitrogens with zero attached hydrogens (tertiary/aromatic N) is 5. The third kappa shape index (κ3) is 5.99. The summed E-state index contributed by atoms with van der Waals surface area (Å²) in [7, 11) is 0. The van der Waals surface area contributed by atoms with E-state index < -0.39 is 0 Å². The van der Waals surface area contributed by atoms with Crippen molar-refractivity contribution >= 4 is 23.2 Å². The third-order valence-electron chi connectivity index (χ3n) is 6.31. The fourth-order valence-corrected chi connectivity index (χ4v) is 4.20. The number of imidazole rings is 1. The minimum absolute atomic E-state index is 0.262. The Labute approximate surface area is 231 Å². The van der Waals surface area contributed by atoms with E-state index in [1.54, 1.807) is 53.8 Å². The van der Waals surface area contributed by atoms with Gasteiger partial charge >= 0.3 is 0 Å². The zero-order chi connectivity index (χ0) is 28.1. The molecule has 3 aromatic heterocycles. The van der Waals surface area contributed by atoms with Crippen LogP contribution in [0.4, 0.5) is 11.4 Å². The number of rotatable bonds is 8. The van der Waals surface area contributed by atoms with Crippen molar-refractivity contribution in [3.05, 3.63) is 127 Å². The predicted molar refractivity (Wildman–Crippen MR) is 154 cm³/mol. The van der Waals surface area contributed by atoms with E-state index in [-0.39, 0.29) is 11.8 Å². The molecule has 0 atom stereocenters. The monoisotopic (exact) mass is 529 g/mol. The number of aromatic nitrogens is 5. The number of amides is 2. The molecule has 0 radical (unpaired) electrons. The van der Waals surface area contributed by atoms with Crippen LogP contribution in [0.5, 0.6) is 0 Å². The van der Waals surface area contributed by atoms with Crippen LogP contribution < -0.4 is 10.6 Å². The Bertz CT molecular complexity index is 1710. The fourth-order valence-electron chi connectivity index (χ4n) is 4.20. The van der Waals surface area contributed by atoms with E-state index in [9.17, 15) is 9.59 Å². The van der Waals surface area contributed by atoms with Crippen LogP contribution in [0, 0.1) is 13.8 Å². The van der Waals surface area contributed by atoms with E-state index in [2.05, 4.69) is 32.2 Å².